The van der Waals surface area contributed by atoms with Crippen LogP contribution in [0.1, 0.15) is 39.5 Å². The molecule has 2 aliphatic heterocycles. The van der Waals surface area contributed by atoms with Crippen LogP contribution in [0.2, 0.25) is 0 Å². The highest BCUT2D eigenvalue weighted by atomic mass is 32.1. The molecular weight excluding hydrogens is 418 g/mol. The fourth-order valence-corrected chi connectivity index (χ4v) is 4.64. The van der Waals surface area contributed by atoms with Gasteiger partial charge in [-0.3, -0.25) is 0 Å². The van der Waals surface area contributed by atoms with E-state index < -0.39 is 0 Å². The molecule has 7 nitrogen and oxygen atoms in total. The number of hydrogen-bond acceptors (Lipinski definition) is 6. The minimum atomic E-state index is 0.486. The standard InChI is InChI=1S/C24H35N7S/c1-3-12-25-24(32)28-23-26-21(18-22(27-23)31-13-8-7-9-19(31)2)30-16-14-29(15-17-30)20-10-5-4-6-11-20/h4-6,10-11,18-19H,3,7-9,12-17H2,1-2H3,(H2,25,26,27,28,32). The van der Waals surface area contributed by atoms with Crippen molar-refractivity contribution in [2.24, 2.45) is 0 Å². The number of anilines is 4. The first-order valence-corrected chi connectivity index (χ1v) is 12.3. The Kier molecular flexibility index (Phi) is 7.63. The topological polar surface area (TPSA) is 59.6 Å². The lowest BCUT2D eigenvalue weighted by Crippen LogP contribution is -2.47. The maximum absolute atomic E-state index is 5.46. The van der Waals surface area contributed by atoms with E-state index in [-0.39, 0.29) is 0 Å². The Balaban J connectivity index is 1.53. The van der Waals surface area contributed by atoms with Crippen LogP contribution in [0, 0.1) is 0 Å². The normalized spacial score (nSPS) is 19.1. The van der Waals surface area contributed by atoms with Gasteiger partial charge < -0.3 is 25.3 Å². The number of piperazine rings is 1. The molecule has 0 radical (unpaired) electrons. The third-order valence-electron chi connectivity index (χ3n) is 6.28. The number of para-hydroxylation sites is 1. The van der Waals surface area contributed by atoms with Gasteiger partial charge in [-0.2, -0.15) is 9.97 Å². The maximum Gasteiger partial charge on any atom is 0.232 e. The molecule has 0 amide bonds. The van der Waals surface area contributed by atoms with Crippen molar-refractivity contribution in [2.45, 2.75) is 45.6 Å². The number of nitrogens with zero attached hydrogens (tertiary/aromatic N) is 5. The predicted octanol–water partition coefficient (Wildman–Crippen LogP) is 3.88. The van der Waals surface area contributed by atoms with E-state index in [1.807, 2.05) is 0 Å². The highest BCUT2D eigenvalue weighted by Gasteiger charge is 2.24. The van der Waals surface area contributed by atoms with Gasteiger partial charge in [-0.15, -0.1) is 0 Å². The zero-order valence-electron chi connectivity index (χ0n) is 19.3. The van der Waals surface area contributed by atoms with Crippen molar-refractivity contribution < 1.29 is 0 Å². The summed E-state index contributed by atoms with van der Waals surface area (Å²) in [5.41, 5.74) is 1.28. The molecule has 0 aliphatic carbocycles. The molecule has 3 heterocycles. The largest absolute Gasteiger partial charge is 0.368 e. The van der Waals surface area contributed by atoms with Gasteiger partial charge in [0.2, 0.25) is 5.95 Å². The minimum absolute atomic E-state index is 0.486. The van der Waals surface area contributed by atoms with E-state index in [4.69, 9.17) is 22.2 Å². The van der Waals surface area contributed by atoms with Crippen LogP contribution in [0.5, 0.6) is 0 Å². The number of aromatic nitrogens is 2. The molecule has 0 spiro atoms. The van der Waals surface area contributed by atoms with Gasteiger partial charge in [-0.25, -0.2) is 0 Å². The van der Waals surface area contributed by atoms with Crippen LogP contribution in [0.25, 0.3) is 0 Å². The lowest BCUT2D eigenvalue weighted by molar-refractivity contribution is 0.481. The van der Waals surface area contributed by atoms with Gasteiger partial charge in [0.05, 0.1) is 0 Å². The fraction of sp³-hybridized carbons (Fsp3) is 0.542. The highest BCUT2D eigenvalue weighted by Crippen LogP contribution is 2.28. The summed E-state index contributed by atoms with van der Waals surface area (Å²) in [6.07, 6.45) is 4.71. The SMILES string of the molecule is CCCNC(=S)Nc1nc(N2CCN(c3ccccc3)CC2)cc(N2CCCCC2C)n1. The van der Waals surface area contributed by atoms with Crippen molar-refractivity contribution >= 4 is 40.6 Å². The molecule has 0 saturated carbocycles. The van der Waals surface area contributed by atoms with E-state index in [9.17, 15) is 0 Å². The lowest BCUT2D eigenvalue weighted by atomic mass is 10.0. The van der Waals surface area contributed by atoms with Gasteiger partial charge in [0.1, 0.15) is 11.6 Å². The van der Waals surface area contributed by atoms with E-state index >= 15 is 0 Å². The second-order valence-electron chi connectivity index (χ2n) is 8.64. The summed E-state index contributed by atoms with van der Waals surface area (Å²) in [7, 11) is 0. The van der Waals surface area contributed by atoms with Gasteiger partial charge in [0, 0.05) is 57.1 Å². The molecule has 1 aromatic heterocycles. The Morgan fingerprint density at radius 3 is 2.44 bits per heavy atom. The second kappa shape index (κ2) is 10.8. The maximum atomic E-state index is 5.46. The number of benzene rings is 1. The molecule has 172 valence electrons. The summed E-state index contributed by atoms with van der Waals surface area (Å²) in [4.78, 5) is 16.9. The van der Waals surface area contributed by atoms with Crippen molar-refractivity contribution in [3.63, 3.8) is 0 Å². The van der Waals surface area contributed by atoms with Crippen molar-refractivity contribution in [2.75, 3.05) is 59.3 Å². The molecule has 2 N–H and O–H groups in total. The average Bonchev–Trinajstić information content (AvgIpc) is 2.83. The summed E-state index contributed by atoms with van der Waals surface area (Å²) in [6.45, 7) is 10.1. The third kappa shape index (κ3) is 5.59. The molecule has 2 aliphatic rings. The first-order valence-electron chi connectivity index (χ1n) is 11.9. The van der Waals surface area contributed by atoms with Crippen LogP contribution in [-0.4, -0.2) is 60.4 Å². The van der Waals surface area contributed by atoms with E-state index in [1.165, 1.54) is 24.9 Å². The zero-order chi connectivity index (χ0) is 22.3. The van der Waals surface area contributed by atoms with E-state index in [1.54, 1.807) is 0 Å². The van der Waals surface area contributed by atoms with Crippen LogP contribution >= 0.6 is 12.2 Å². The second-order valence-corrected chi connectivity index (χ2v) is 9.04. The van der Waals surface area contributed by atoms with Crippen LogP contribution < -0.4 is 25.3 Å². The summed E-state index contributed by atoms with van der Waals surface area (Å²) < 4.78 is 0. The number of hydrogen-bond donors (Lipinski definition) is 2. The fourth-order valence-electron chi connectivity index (χ4n) is 4.44. The van der Waals surface area contributed by atoms with Crippen LogP contribution in [0.4, 0.5) is 23.3 Å². The van der Waals surface area contributed by atoms with Gasteiger partial charge in [-0.05, 0) is 57.0 Å². The molecule has 1 atom stereocenters. The number of rotatable bonds is 6. The van der Waals surface area contributed by atoms with Crippen LogP contribution in [-0.2, 0) is 0 Å². The van der Waals surface area contributed by atoms with Crippen LogP contribution in [0.3, 0.4) is 0 Å². The summed E-state index contributed by atoms with van der Waals surface area (Å²) in [5.74, 6) is 2.55. The van der Waals surface area contributed by atoms with Gasteiger partial charge in [0.15, 0.2) is 5.11 Å². The molecule has 4 rings (SSSR count). The van der Waals surface area contributed by atoms with Crippen LogP contribution in [0.15, 0.2) is 36.4 Å². The smallest absolute Gasteiger partial charge is 0.232 e. The molecule has 2 aromatic rings. The first kappa shape index (κ1) is 22.6. The Morgan fingerprint density at radius 2 is 1.72 bits per heavy atom. The Labute approximate surface area is 197 Å². The lowest BCUT2D eigenvalue weighted by Gasteiger charge is -2.38. The van der Waals surface area contributed by atoms with E-state index in [0.29, 0.717) is 17.1 Å². The quantitative estimate of drug-likeness (QED) is 0.639. The summed E-state index contributed by atoms with van der Waals surface area (Å²) in [5, 5.41) is 7.02. The van der Waals surface area contributed by atoms with E-state index in [2.05, 4.69) is 75.6 Å². The van der Waals surface area contributed by atoms with Gasteiger partial charge in [-0.1, -0.05) is 25.1 Å². The number of nitrogens with one attached hydrogen (secondary N) is 2. The molecule has 2 fully saturated rings. The van der Waals surface area contributed by atoms with Crippen molar-refractivity contribution in [1.29, 1.82) is 0 Å². The first-order chi connectivity index (χ1) is 15.6. The molecule has 8 heteroatoms. The van der Waals surface area contributed by atoms with Gasteiger partial charge in [0.25, 0.3) is 0 Å². The molecule has 1 aromatic carbocycles. The van der Waals surface area contributed by atoms with E-state index in [0.717, 1.165) is 57.3 Å². The predicted molar refractivity (Wildman–Crippen MR) is 138 cm³/mol. The monoisotopic (exact) mass is 453 g/mol. The molecular formula is C24H35N7S. The average molecular weight is 454 g/mol. The summed E-state index contributed by atoms with van der Waals surface area (Å²) in [6, 6.07) is 13.3. The Bertz CT molecular complexity index is 883. The third-order valence-corrected chi connectivity index (χ3v) is 6.53. The number of piperidine rings is 1. The van der Waals surface area contributed by atoms with Crippen molar-refractivity contribution in [1.82, 2.24) is 15.3 Å². The van der Waals surface area contributed by atoms with Gasteiger partial charge >= 0.3 is 0 Å². The Hall–Kier alpha value is -2.61. The Morgan fingerprint density at radius 1 is 1.00 bits per heavy atom. The molecule has 0 bridgehead atoms. The van der Waals surface area contributed by atoms with Crippen molar-refractivity contribution in [3.05, 3.63) is 36.4 Å². The van der Waals surface area contributed by atoms with Crippen molar-refractivity contribution in [3.8, 4) is 0 Å². The number of thiocarbonyl (C=S) groups is 1. The zero-order valence-corrected chi connectivity index (χ0v) is 20.1. The highest BCUT2D eigenvalue weighted by molar-refractivity contribution is 7.80. The molecule has 2 saturated heterocycles. The molecule has 32 heavy (non-hydrogen) atoms. The summed E-state index contributed by atoms with van der Waals surface area (Å²) >= 11 is 5.46. The molecule has 1 unspecified atom stereocenters. The minimum Gasteiger partial charge on any atom is -0.368 e.